The highest BCUT2D eigenvalue weighted by Gasteiger charge is 2.24. The number of fused-ring (bicyclic) bond motifs is 2. The maximum absolute atomic E-state index is 11.4. The number of hydrogen-bond donors (Lipinski definition) is 1. The van der Waals surface area contributed by atoms with Crippen LogP contribution in [0, 0.1) is 0 Å². The van der Waals surface area contributed by atoms with Crippen LogP contribution in [0.25, 0.3) is 11.6 Å². The fourth-order valence-corrected chi connectivity index (χ4v) is 5.25. The van der Waals surface area contributed by atoms with E-state index in [4.69, 9.17) is 9.88 Å². The van der Waals surface area contributed by atoms with Crippen LogP contribution in [0.15, 0.2) is 89.3 Å². The van der Waals surface area contributed by atoms with Gasteiger partial charge in [-0.25, -0.2) is 13.6 Å². The Morgan fingerprint density at radius 2 is 1.56 bits per heavy atom. The molecule has 0 aromatic heterocycles. The van der Waals surface area contributed by atoms with Gasteiger partial charge in [0.05, 0.1) is 4.90 Å². The van der Waals surface area contributed by atoms with Crippen LogP contribution in [0.2, 0.25) is 0 Å². The Morgan fingerprint density at radius 1 is 0.882 bits per heavy atom. The summed E-state index contributed by atoms with van der Waals surface area (Å²) in [4.78, 5) is 2.58. The lowest BCUT2D eigenvalue weighted by atomic mass is 9.86. The third-order valence-electron chi connectivity index (χ3n) is 6.52. The van der Waals surface area contributed by atoms with Crippen LogP contribution in [0.4, 0.5) is 0 Å². The predicted molar refractivity (Wildman–Crippen MR) is 136 cm³/mol. The molecule has 174 valence electrons. The van der Waals surface area contributed by atoms with Gasteiger partial charge in [0.25, 0.3) is 0 Å². The van der Waals surface area contributed by atoms with Crippen LogP contribution in [0.1, 0.15) is 35.1 Å². The molecule has 0 saturated carbocycles. The van der Waals surface area contributed by atoms with E-state index in [2.05, 4.69) is 53.4 Å². The van der Waals surface area contributed by atoms with Crippen molar-refractivity contribution in [3.63, 3.8) is 0 Å². The second-order valence-electron chi connectivity index (χ2n) is 8.74. The average molecular weight is 473 g/mol. The molecule has 0 atom stereocenters. The van der Waals surface area contributed by atoms with Gasteiger partial charge in [0, 0.05) is 25.2 Å². The van der Waals surface area contributed by atoms with Gasteiger partial charge in [0.15, 0.2) is 0 Å². The highest BCUT2D eigenvalue weighted by molar-refractivity contribution is 7.89. The van der Waals surface area contributed by atoms with Crippen molar-refractivity contribution in [1.29, 1.82) is 0 Å². The Balaban J connectivity index is 1.31. The number of rotatable bonds is 4. The van der Waals surface area contributed by atoms with E-state index in [-0.39, 0.29) is 4.90 Å². The summed E-state index contributed by atoms with van der Waals surface area (Å²) < 4.78 is 29.0. The fraction of sp³-hybridized carbons (Fsp3) is 0.214. The summed E-state index contributed by atoms with van der Waals surface area (Å²) in [6.07, 6.45) is 6.20. The van der Waals surface area contributed by atoms with Gasteiger partial charge in [0.1, 0.15) is 12.4 Å². The van der Waals surface area contributed by atoms with Gasteiger partial charge in [-0.15, -0.1) is 0 Å². The molecule has 2 heterocycles. The Bertz CT molecular complexity index is 1300. The molecule has 0 aliphatic carbocycles. The minimum atomic E-state index is -3.66. The zero-order chi connectivity index (χ0) is 23.5. The molecule has 0 radical (unpaired) electrons. The maximum atomic E-state index is 11.4. The molecular formula is C28H28N2O3S. The molecule has 3 aromatic carbocycles. The van der Waals surface area contributed by atoms with Crippen LogP contribution < -0.4 is 9.88 Å². The van der Waals surface area contributed by atoms with Crippen molar-refractivity contribution in [3.8, 4) is 5.75 Å². The number of primary sulfonamides is 1. The number of para-hydroxylation sites is 1. The molecule has 1 fully saturated rings. The van der Waals surface area contributed by atoms with Crippen LogP contribution in [0.5, 0.6) is 5.75 Å². The van der Waals surface area contributed by atoms with Gasteiger partial charge in [-0.1, -0.05) is 72.3 Å². The molecule has 0 amide bonds. The Labute approximate surface area is 201 Å². The monoisotopic (exact) mass is 472 g/mol. The quantitative estimate of drug-likeness (QED) is 0.590. The van der Waals surface area contributed by atoms with Crippen molar-refractivity contribution in [2.75, 3.05) is 19.6 Å². The first-order valence-corrected chi connectivity index (χ1v) is 13.1. The van der Waals surface area contributed by atoms with E-state index >= 15 is 0 Å². The first kappa shape index (κ1) is 22.6. The smallest absolute Gasteiger partial charge is 0.238 e. The van der Waals surface area contributed by atoms with Gasteiger partial charge < -0.3 is 4.74 Å². The SMILES string of the molecule is NS(=O)(=O)c1ccc(/C=C/CN2CCC(=C3c4ccccc4COc4ccccc43)CC2)cc1. The van der Waals surface area contributed by atoms with Crippen molar-refractivity contribution >= 4 is 21.7 Å². The van der Waals surface area contributed by atoms with Gasteiger partial charge in [0.2, 0.25) is 10.0 Å². The number of sulfonamides is 1. The molecule has 6 heteroatoms. The van der Waals surface area contributed by atoms with Crippen LogP contribution in [-0.2, 0) is 16.6 Å². The predicted octanol–water partition coefficient (Wildman–Crippen LogP) is 4.84. The number of nitrogens with two attached hydrogens (primary N) is 1. The molecule has 34 heavy (non-hydrogen) atoms. The highest BCUT2D eigenvalue weighted by Crippen LogP contribution is 2.40. The van der Waals surface area contributed by atoms with Crippen molar-refractivity contribution in [2.24, 2.45) is 5.14 Å². The van der Waals surface area contributed by atoms with E-state index in [9.17, 15) is 8.42 Å². The minimum Gasteiger partial charge on any atom is -0.488 e. The number of benzene rings is 3. The number of hydrogen-bond acceptors (Lipinski definition) is 4. The van der Waals surface area contributed by atoms with Crippen molar-refractivity contribution in [3.05, 3.63) is 107 Å². The third kappa shape index (κ3) is 4.85. The second kappa shape index (κ2) is 9.58. The summed E-state index contributed by atoms with van der Waals surface area (Å²) in [5, 5.41) is 5.17. The summed E-state index contributed by atoms with van der Waals surface area (Å²) in [6.45, 7) is 3.45. The Hall–Kier alpha value is -3.19. The number of piperidine rings is 1. The van der Waals surface area contributed by atoms with E-state index in [0.29, 0.717) is 6.61 Å². The lowest BCUT2D eigenvalue weighted by Gasteiger charge is -2.29. The van der Waals surface area contributed by atoms with Gasteiger partial charge in [-0.2, -0.15) is 0 Å². The summed E-state index contributed by atoms with van der Waals surface area (Å²) in [7, 11) is -3.66. The largest absolute Gasteiger partial charge is 0.488 e. The van der Waals surface area contributed by atoms with E-state index in [0.717, 1.165) is 43.8 Å². The summed E-state index contributed by atoms with van der Waals surface area (Å²) in [5.41, 5.74) is 7.51. The highest BCUT2D eigenvalue weighted by atomic mass is 32.2. The van der Waals surface area contributed by atoms with Crippen LogP contribution in [-0.4, -0.2) is 33.0 Å². The average Bonchev–Trinajstić information content (AvgIpc) is 3.01. The fourth-order valence-electron chi connectivity index (χ4n) is 4.73. The summed E-state index contributed by atoms with van der Waals surface area (Å²) >= 11 is 0. The lowest BCUT2D eigenvalue weighted by Crippen LogP contribution is -2.31. The molecule has 2 N–H and O–H groups in total. The molecule has 5 rings (SSSR count). The number of likely N-dealkylation sites (tertiary alicyclic amines) is 1. The molecule has 0 unspecified atom stereocenters. The van der Waals surface area contributed by atoms with E-state index < -0.39 is 10.0 Å². The topological polar surface area (TPSA) is 72.6 Å². The second-order valence-corrected chi connectivity index (χ2v) is 10.3. The Kier molecular flexibility index (Phi) is 6.37. The molecule has 0 spiro atoms. The van der Waals surface area contributed by atoms with Crippen molar-refractivity contribution < 1.29 is 13.2 Å². The van der Waals surface area contributed by atoms with Gasteiger partial charge >= 0.3 is 0 Å². The Morgan fingerprint density at radius 3 is 2.29 bits per heavy atom. The van der Waals surface area contributed by atoms with E-state index in [1.165, 1.54) is 27.8 Å². The van der Waals surface area contributed by atoms with Crippen LogP contribution in [0.3, 0.4) is 0 Å². The molecule has 5 nitrogen and oxygen atoms in total. The van der Waals surface area contributed by atoms with E-state index in [1.807, 2.05) is 12.1 Å². The maximum Gasteiger partial charge on any atom is 0.238 e. The number of nitrogens with zero attached hydrogens (tertiary/aromatic N) is 1. The molecule has 2 aliphatic rings. The molecule has 2 aliphatic heterocycles. The first-order chi connectivity index (χ1) is 16.5. The number of ether oxygens (including phenoxy) is 1. The summed E-state index contributed by atoms with van der Waals surface area (Å²) in [6, 6.07) is 23.6. The van der Waals surface area contributed by atoms with Crippen LogP contribution >= 0.6 is 0 Å². The normalized spacial score (nSPS) is 16.6. The van der Waals surface area contributed by atoms with E-state index in [1.54, 1.807) is 24.3 Å². The van der Waals surface area contributed by atoms with Gasteiger partial charge in [-0.3, -0.25) is 4.90 Å². The van der Waals surface area contributed by atoms with Crippen molar-refractivity contribution in [1.82, 2.24) is 4.90 Å². The molecular weight excluding hydrogens is 444 g/mol. The molecule has 0 bridgehead atoms. The van der Waals surface area contributed by atoms with Crippen molar-refractivity contribution in [2.45, 2.75) is 24.3 Å². The summed E-state index contributed by atoms with van der Waals surface area (Å²) in [5.74, 6) is 0.958. The standard InChI is InChI=1S/C28H28N2O3S/c29-34(31,32)24-13-11-21(12-14-24)6-5-17-30-18-15-22(16-19-30)28-25-8-2-1-7-23(25)20-33-27-10-4-3-9-26(27)28/h1-14H,15-20H2,(H2,29,31,32)/b6-5+. The first-order valence-electron chi connectivity index (χ1n) is 11.5. The zero-order valence-electron chi connectivity index (χ0n) is 19.0. The lowest BCUT2D eigenvalue weighted by molar-refractivity contribution is 0.284. The third-order valence-corrected chi connectivity index (χ3v) is 7.45. The van der Waals surface area contributed by atoms with Gasteiger partial charge in [-0.05, 0) is 53.3 Å². The molecule has 3 aromatic rings. The molecule has 1 saturated heterocycles. The minimum absolute atomic E-state index is 0.133. The zero-order valence-corrected chi connectivity index (χ0v) is 19.8.